The van der Waals surface area contributed by atoms with Crippen molar-refractivity contribution >= 4 is 17.3 Å². The lowest BCUT2D eigenvalue weighted by molar-refractivity contribution is -0.383. The molecule has 0 amide bonds. The first-order chi connectivity index (χ1) is 12.5. The lowest BCUT2D eigenvalue weighted by Gasteiger charge is -2.14. The minimum Gasteiger partial charge on any atom is -0.493 e. The fourth-order valence-corrected chi connectivity index (χ4v) is 2.34. The monoisotopic (exact) mass is 362 g/mol. The summed E-state index contributed by atoms with van der Waals surface area (Å²) in [7, 11) is 6.59. The summed E-state index contributed by atoms with van der Waals surface area (Å²) in [5.41, 5.74) is 3.60. The molecule has 10 heteroatoms. The van der Waals surface area contributed by atoms with Crippen LogP contribution in [-0.4, -0.2) is 54.8 Å². The number of benzene rings is 1. The van der Waals surface area contributed by atoms with Crippen molar-refractivity contribution in [2.75, 3.05) is 45.6 Å². The van der Waals surface area contributed by atoms with Crippen LogP contribution in [0, 0.1) is 10.1 Å². The number of ether oxygens (including phenoxy) is 2. The van der Waals surface area contributed by atoms with Gasteiger partial charge in [0.2, 0.25) is 11.6 Å². The number of aromatic nitrogens is 2. The van der Waals surface area contributed by atoms with Gasteiger partial charge < -0.3 is 14.8 Å². The molecule has 0 bridgehead atoms. The number of rotatable bonds is 9. The summed E-state index contributed by atoms with van der Waals surface area (Å²) in [5, 5.41) is 16.0. The molecule has 2 rings (SSSR count). The molecular weight excluding hydrogens is 340 g/mol. The van der Waals surface area contributed by atoms with Gasteiger partial charge in [-0.05, 0) is 24.1 Å². The lowest BCUT2D eigenvalue weighted by atomic mass is 10.1. The Labute approximate surface area is 151 Å². The minimum absolute atomic E-state index is 0.128. The van der Waals surface area contributed by atoms with E-state index in [1.54, 1.807) is 33.3 Å². The van der Waals surface area contributed by atoms with Gasteiger partial charge in [0, 0.05) is 20.6 Å². The van der Waals surface area contributed by atoms with E-state index in [9.17, 15) is 10.1 Å². The van der Waals surface area contributed by atoms with Crippen molar-refractivity contribution in [3.8, 4) is 11.5 Å². The molecule has 2 N–H and O–H groups in total. The van der Waals surface area contributed by atoms with Gasteiger partial charge in [-0.15, -0.1) is 0 Å². The number of nitro groups is 1. The van der Waals surface area contributed by atoms with Crippen LogP contribution in [0.5, 0.6) is 11.5 Å². The molecule has 0 aliphatic rings. The highest BCUT2D eigenvalue weighted by Gasteiger charge is 2.23. The number of nitrogens with one attached hydrogen (secondary N) is 2. The standard InChI is InChI=1S/C16H22N6O4/c1-21(2)20-16-14(22(23)24)15(18-10-19-16)17-8-7-11-5-6-12(25-3)13(9-11)26-4/h5-6,9-10H,7-8H2,1-4H3,(H2,17,18,19,20). The molecule has 0 unspecified atom stereocenters. The predicted molar refractivity (Wildman–Crippen MR) is 97.7 cm³/mol. The second-order valence-corrected chi connectivity index (χ2v) is 5.55. The largest absolute Gasteiger partial charge is 0.493 e. The van der Waals surface area contributed by atoms with Crippen LogP contribution in [0.4, 0.5) is 17.3 Å². The highest BCUT2D eigenvalue weighted by atomic mass is 16.6. The summed E-state index contributed by atoms with van der Waals surface area (Å²) < 4.78 is 10.5. The molecule has 0 spiro atoms. The van der Waals surface area contributed by atoms with Crippen LogP contribution < -0.4 is 20.2 Å². The maximum atomic E-state index is 11.4. The zero-order valence-electron chi connectivity index (χ0n) is 15.1. The topological polar surface area (TPSA) is 115 Å². The van der Waals surface area contributed by atoms with Crippen molar-refractivity contribution in [1.29, 1.82) is 0 Å². The third kappa shape index (κ3) is 4.70. The molecule has 26 heavy (non-hydrogen) atoms. The van der Waals surface area contributed by atoms with Crippen LogP contribution in [0.2, 0.25) is 0 Å². The number of anilines is 2. The molecule has 10 nitrogen and oxygen atoms in total. The highest BCUT2D eigenvalue weighted by Crippen LogP contribution is 2.30. The smallest absolute Gasteiger partial charge is 0.354 e. The van der Waals surface area contributed by atoms with Crippen LogP contribution >= 0.6 is 0 Å². The first-order valence-corrected chi connectivity index (χ1v) is 7.84. The summed E-state index contributed by atoms with van der Waals surface area (Å²) in [6.45, 7) is 0.453. The van der Waals surface area contributed by atoms with Crippen LogP contribution in [0.15, 0.2) is 24.5 Å². The zero-order valence-corrected chi connectivity index (χ0v) is 15.1. The van der Waals surface area contributed by atoms with Crippen molar-refractivity contribution in [2.24, 2.45) is 0 Å². The maximum Gasteiger partial charge on any atom is 0.354 e. The Hall–Kier alpha value is -3.14. The van der Waals surface area contributed by atoms with E-state index in [4.69, 9.17) is 9.47 Å². The summed E-state index contributed by atoms with van der Waals surface area (Å²) in [6.07, 6.45) is 1.90. The molecule has 2 aromatic rings. The predicted octanol–water partition coefficient (Wildman–Crippen LogP) is 1.95. The van der Waals surface area contributed by atoms with E-state index < -0.39 is 4.92 Å². The summed E-state index contributed by atoms with van der Waals surface area (Å²) >= 11 is 0. The Morgan fingerprint density at radius 3 is 2.46 bits per heavy atom. The fourth-order valence-electron chi connectivity index (χ4n) is 2.34. The molecule has 0 aliphatic heterocycles. The summed E-state index contributed by atoms with van der Waals surface area (Å²) in [6, 6.07) is 5.60. The van der Waals surface area contributed by atoms with Crippen molar-refractivity contribution in [2.45, 2.75) is 6.42 Å². The quantitative estimate of drug-likeness (QED) is 0.510. The highest BCUT2D eigenvalue weighted by molar-refractivity contribution is 5.68. The average molecular weight is 362 g/mol. The second kappa shape index (κ2) is 8.81. The van der Waals surface area contributed by atoms with Crippen LogP contribution in [0.3, 0.4) is 0 Å². The van der Waals surface area contributed by atoms with Gasteiger partial charge in [0.15, 0.2) is 11.5 Å². The number of nitrogens with zero attached hydrogens (tertiary/aromatic N) is 4. The zero-order chi connectivity index (χ0) is 19.1. The number of methoxy groups -OCH3 is 2. The number of hydrogen-bond acceptors (Lipinski definition) is 9. The van der Waals surface area contributed by atoms with Gasteiger partial charge in [-0.25, -0.2) is 15.0 Å². The van der Waals surface area contributed by atoms with Crippen molar-refractivity contribution in [3.05, 3.63) is 40.2 Å². The molecule has 0 fully saturated rings. The molecule has 1 aromatic heterocycles. The molecule has 140 valence electrons. The van der Waals surface area contributed by atoms with Crippen molar-refractivity contribution in [3.63, 3.8) is 0 Å². The summed E-state index contributed by atoms with van der Waals surface area (Å²) in [5.74, 6) is 1.57. The Morgan fingerprint density at radius 2 is 1.85 bits per heavy atom. The fraction of sp³-hybridized carbons (Fsp3) is 0.375. The summed E-state index contributed by atoms with van der Waals surface area (Å²) in [4.78, 5) is 18.8. The second-order valence-electron chi connectivity index (χ2n) is 5.55. The first kappa shape index (κ1) is 19.2. The average Bonchev–Trinajstić information content (AvgIpc) is 2.60. The molecule has 0 aliphatic carbocycles. The Balaban J connectivity index is 2.11. The number of hydrazine groups is 1. The van der Waals surface area contributed by atoms with E-state index in [2.05, 4.69) is 20.7 Å². The van der Waals surface area contributed by atoms with Gasteiger partial charge in [-0.1, -0.05) is 6.07 Å². The third-order valence-corrected chi connectivity index (χ3v) is 3.49. The van der Waals surface area contributed by atoms with Gasteiger partial charge in [-0.2, -0.15) is 0 Å². The molecule has 1 aromatic carbocycles. The van der Waals surface area contributed by atoms with E-state index in [-0.39, 0.29) is 17.3 Å². The lowest BCUT2D eigenvalue weighted by Crippen LogP contribution is -2.22. The first-order valence-electron chi connectivity index (χ1n) is 7.84. The van der Waals surface area contributed by atoms with Crippen LogP contribution in [0.1, 0.15) is 5.56 Å². The van der Waals surface area contributed by atoms with Gasteiger partial charge in [0.1, 0.15) is 6.33 Å². The van der Waals surface area contributed by atoms with E-state index in [1.807, 2.05) is 18.2 Å². The van der Waals surface area contributed by atoms with Crippen molar-refractivity contribution in [1.82, 2.24) is 15.0 Å². The SMILES string of the molecule is COc1ccc(CCNc2ncnc(NN(C)C)c2[N+](=O)[O-])cc1OC. The molecule has 0 atom stereocenters. The van der Waals surface area contributed by atoms with E-state index in [0.717, 1.165) is 5.56 Å². The van der Waals surface area contributed by atoms with Gasteiger partial charge in [0.05, 0.1) is 19.1 Å². The maximum absolute atomic E-state index is 11.4. The van der Waals surface area contributed by atoms with E-state index in [0.29, 0.717) is 24.5 Å². The normalized spacial score (nSPS) is 10.5. The van der Waals surface area contributed by atoms with Crippen LogP contribution in [-0.2, 0) is 6.42 Å². The molecule has 0 saturated carbocycles. The number of hydrogen-bond donors (Lipinski definition) is 2. The van der Waals surface area contributed by atoms with E-state index in [1.165, 1.54) is 6.33 Å². The van der Waals surface area contributed by atoms with Gasteiger partial charge >= 0.3 is 5.69 Å². The molecule has 1 heterocycles. The Morgan fingerprint density at radius 1 is 1.15 bits per heavy atom. The van der Waals surface area contributed by atoms with E-state index >= 15 is 0 Å². The Kier molecular flexibility index (Phi) is 6.50. The molecular formula is C16H22N6O4. The van der Waals surface area contributed by atoms with Gasteiger partial charge in [0.25, 0.3) is 0 Å². The third-order valence-electron chi connectivity index (χ3n) is 3.49. The Bertz CT molecular complexity index is 768. The van der Waals surface area contributed by atoms with Crippen LogP contribution in [0.25, 0.3) is 0 Å². The molecule has 0 saturated heterocycles. The van der Waals surface area contributed by atoms with Crippen molar-refractivity contribution < 1.29 is 14.4 Å². The minimum atomic E-state index is -0.509. The van der Waals surface area contributed by atoms with Gasteiger partial charge in [-0.3, -0.25) is 15.5 Å². The molecule has 0 radical (unpaired) electrons.